The highest BCUT2D eigenvalue weighted by Gasteiger charge is 2.23. The lowest BCUT2D eigenvalue weighted by atomic mass is 9.90. The number of hydrogen-bond donors (Lipinski definition) is 2. The van der Waals surface area contributed by atoms with Gasteiger partial charge in [0.15, 0.2) is 0 Å². The fourth-order valence-corrected chi connectivity index (χ4v) is 2.07. The third-order valence-electron chi connectivity index (χ3n) is 3.53. The Balaban J connectivity index is 2.82. The molecule has 2 N–H and O–H groups in total. The second kappa shape index (κ2) is 6.48. The van der Waals surface area contributed by atoms with Crippen LogP contribution in [0.4, 0.5) is 11.6 Å². The molecule has 0 radical (unpaired) electrons. The van der Waals surface area contributed by atoms with Crippen LogP contribution in [0.25, 0.3) is 0 Å². The van der Waals surface area contributed by atoms with Crippen LogP contribution in [0.15, 0.2) is 18.2 Å². The van der Waals surface area contributed by atoms with Crippen LogP contribution < -0.4 is 10.6 Å². The molecule has 0 bridgehead atoms. The minimum Gasteiger partial charge on any atom is -0.370 e. The molecule has 0 aliphatic heterocycles. The molecule has 0 aliphatic rings. The summed E-state index contributed by atoms with van der Waals surface area (Å²) in [4.78, 5) is 4.57. The maximum atomic E-state index is 4.57. The molecule has 0 aliphatic carbocycles. The Bertz CT molecular complexity index is 324. The van der Waals surface area contributed by atoms with Gasteiger partial charge in [-0.25, -0.2) is 4.98 Å². The number of aromatic nitrogens is 1. The Morgan fingerprint density at radius 1 is 1.00 bits per heavy atom. The van der Waals surface area contributed by atoms with Crippen molar-refractivity contribution in [1.29, 1.82) is 0 Å². The largest absolute Gasteiger partial charge is 0.370 e. The molecule has 1 aromatic rings. The molecule has 0 spiro atoms. The summed E-state index contributed by atoms with van der Waals surface area (Å²) < 4.78 is 0. The Morgan fingerprint density at radius 3 is 2.12 bits per heavy atom. The molecule has 96 valence electrons. The number of anilines is 2. The van der Waals surface area contributed by atoms with Crippen LogP contribution in [0.2, 0.25) is 0 Å². The highest BCUT2D eigenvalue weighted by Crippen LogP contribution is 2.25. The number of hydrogen-bond acceptors (Lipinski definition) is 3. The highest BCUT2D eigenvalue weighted by molar-refractivity contribution is 5.46. The normalized spacial score (nSPS) is 11.3. The SMILES string of the molecule is CCNc1cccc(NC(CC)(CC)CC)n1. The molecule has 3 nitrogen and oxygen atoms in total. The third-order valence-corrected chi connectivity index (χ3v) is 3.53. The van der Waals surface area contributed by atoms with E-state index in [0.29, 0.717) is 0 Å². The monoisotopic (exact) mass is 235 g/mol. The average Bonchev–Trinajstić information content (AvgIpc) is 2.37. The molecule has 1 aromatic heterocycles. The van der Waals surface area contributed by atoms with E-state index in [9.17, 15) is 0 Å². The van der Waals surface area contributed by atoms with Gasteiger partial charge in [0.2, 0.25) is 0 Å². The van der Waals surface area contributed by atoms with Gasteiger partial charge in [-0.15, -0.1) is 0 Å². The predicted octanol–water partition coefficient (Wildman–Crippen LogP) is 3.89. The number of nitrogens with zero attached hydrogens (tertiary/aromatic N) is 1. The van der Waals surface area contributed by atoms with E-state index in [1.165, 1.54) is 0 Å². The number of rotatable bonds is 7. The summed E-state index contributed by atoms with van der Waals surface area (Å²) in [5.74, 6) is 1.91. The van der Waals surface area contributed by atoms with Crippen molar-refractivity contribution in [1.82, 2.24) is 4.98 Å². The van der Waals surface area contributed by atoms with Crippen LogP contribution in [0.3, 0.4) is 0 Å². The summed E-state index contributed by atoms with van der Waals surface area (Å²) in [6.45, 7) is 9.67. The molecule has 0 fully saturated rings. The minimum atomic E-state index is 0.178. The van der Waals surface area contributed by atoms with Gasteiger partial charge in [0.05, 0.1) is 0 Å². The van der Waals surface area contributed by atoms with Gasteiger partial charge in [-0.2, -0.15) is 0 Å². The van der Waals surface area contributed by atoms with Crippen molar-refractivity contribution in [2.45, 2.75) is 52.5 Å². The van der Waals surface area contributed by atoms with Crippen LogP contribution >= 0.6 is 0 Å². The summed E-state index contributed by atoms with van der Waals surface area (Å²) >= 11 is 0. The van der Waals surface area contributed by atoms with Gasteiger partial charge in [0.1, 0.15) is 11.6 Å². The van der Waals surface area contributed by atoms with Crippen molar-refractivity contribution >= 4 is 11.6 Å². The van der Waals surface area contributed by atoms with E-state index in [0.717, 1.165) is 37.4 Å². The maximum Gasteiger partial charge on any atom is 0.128 e. The fourth-order valence-electron chi connectivity index (χ4n) is 2.07. The average molecular weight is 235 g/mol. The fraction of sp³-hybridized carbons (Fsp3) is 0.643. The molecule has 1 rings (SSSR count). The van der Waals surface area contributed by atoms with Crippen molar-refractivity contribution in [3.63, 3.8) is 0 Å². The first-order chi connectivity index (χ1) is 8.19. The first-order valence-electron chi connectivity index (χ1n) is 6.68. The van der Waals surface area contributed by atoms with Gasteiger partial charge in [-0.3, -0.25) is 0 Å². The molecular formula is C14H25N3. The van der Waals surface area contributed by atoms with Gasteiger partial charge in [-0.1, -0.05) is 26.8 Å². The lowest BCUT2D eigenvalue weighted by Crippen LogP contribution is -2.36. The quantitative estimate of drug-likeness (QED) is 0.752. The van der Waals surface area contributed by atoms with E-state index >= 15 is 0 Å². The summed E-state index contributed by atoms with van der Waals surface area (Å²) in [6, 6.07) is 6.08. The number of nitrogens with one attached hydrogen (secondary N) is 2. The molecule has 1 heterocycles. The Morgan fingerprint density at radius 2 is 1.59 bits per heavy atom. The summed E-state index contributed by atoms with van der Waals surface area (Å²) in [5, 5.41) is 6.83. The van der Waals surface area contributed by atoms with Crippen LogP contribution in [-0.4, -0.2) is 17.1 Å². The van der Waals surface area contributed by atoms with Crippen molar-refractivity contribution in [3.05, 3.63) is 18.2 Å². The standard InChI is InChI=1S/C14H25N3/c1-5-14(6-2,7-3)17-13-11-9-10-12(16-13)15-8-4/h9-11H,5-8H2,1-4H3,(H2,15,16,17). The molecule has 0 atom stereocenters. The van der Waals surface area contributed by atoms with Gasteiger partial charge in [0.25, 0.3) is 0 Å². The zero-order chi connectivity index (χ0) is 12.7. The van der Waals surface area contributed by atoms with E-state index in [2.05, 4.69) is 43.3 Å². The first-order valence-corrected chi connectivity index (χ1v) is 6.68. The Labute approximate surface area is 105 Å². The summed E-state index contributed by atoms with van der Waals surface area (Å²) in [5.41, 5.74) is 0.178. The lowest BCUT2D eigenvalue weighted by Gasteiger charge is -2.32. The Kier molecular flexibility index (Phi) is 5.26. The van der Waals surface area contributed by atoms with Gasteiger partial charge < -0.3 is 10.6 Å². The van der Waals surface area contributed by atoms with E-state index in [1.807, 2.05) is 18.2 Å². The molecular weight excluding hydrogens is 210 g/mol. The van der Waals surface area contributed by atoms with Gasteiger partial charge in [0, 0.05) is 12.1 Å². The highest BCUT2D eigenvalue weighted by atomic mass is 15.1. The smallest absolute Gasteiger partial charge is 0.128 e. The lowest BCUT2D eigenvalue weighted by molar-refractivity contribution is 0.419. The van der Waals surface area contributed by atoms with Crippen molar-refractivity contribution in [3.8, 4) is 0 Å². The van der Waals surface area contributed by atoms with Crippen LogP contribution in [0, 0.1) is 0 Å². The molecule has 17 heavy (non-hydrogen) atoms. The zero-order valence-electron chi connectivity index (χ0n) is 11.5. The van der Waals surface area contributed by atoms with Crippen LogP contribution in [-0.2, 0) is 0 Å². The van der Waals surface area contributed by atoms with Crippen LogP contribution in [0.5, 0.6) is 0 Å². The molecule has 0 saturated heterocycles. The first kappa shape index (κ1) is 13.8. The molecule has 0 saturated carbocycles. The summed E-state index contributed by atoms with van der Waals surface area (Å²) in [7, 11) is 0. The third kappa shape index (κ3) is 3.62. The van der Waals surface area contributed by atoms with E-state index in [4.69, 9.17) is 0 Å². The van der Waals surface area contributed by atoms with Crippen molar-refractivity contribution < 1.29 is 0 Å². The van der Waals surface area contributed by atoms with Gasteiger partial charge >= 0.3 is 0 Å². The van der Waals surface area contributed by atoms with Crippen LogP contribution in [0.1, 0.15) is 47.0 Å². The minimum absolute atomic E-state index is 0.178. The number of pyridine rings is 1. The van der Waals surface area contributed by atoms with Gasteiger partial charge in [-0.05, 0) is 38.3 Å². The molecule has 0 aromatic carbocycles. The van der Waals surface area contributed by atoms with E-state index in [-0.39, 0.29) is 5.54 Å². The maximum absolute atomic E-state index is 4.57. The van der Waals surface area contributed by atoms with Crippen molar-refractivity contribution in [2.75, 3.05) is 17.2 Å². The second-order valence-electron chi connectivity index (χ2n) is 4.40. The van der Waals surface area contributed by atoms with E-state index in [1.54, 1.807) is 0 Å². The van der Waals surface area contributed by atoms with E-state index < -0.39 is 0 Å². The summed E-state index contributed by atoms with van der Waals surface area (Å²) in [6.07, 6.45) is 3.35. The molecule has 0 unspecified atom stereocenters. The Hall–Kier alpha value is -1.25. The zero-order valence-corrected chi connectivity index (χ0v) is 11.5. The topological polar surface area (TPSA) is 37.0 Å². The second-order valence-corrected chi connectivity index (χ2v) is 4.40. The molecule has 3 heteroatoms. The molecule has 0 amide bonds. The predicted molar refractivity (Wildman–Crippen MR) is 75.6 cm³/mol. The van der Waals surface area contributed by atoms with Crippen molar-refractivity contribution in [2.24, 2.45) is 0 Å².